The van der Waals surface area contributed by atoms with Crippen LogP contribution < -0.4 is 15.6 Å². The van der Waals surface area contributed by atoms with E-state index in [1.165, 1.54) is 0 Å². The molecule has 5 aromatic rings. The maximum Gasteiger partial charge on any atom is 0.300 e. The van der Waals surface area contributed by atoms with Gasteiger partial charge in [-0.25, -0.2) is 4.98 Å². The maximum absolute atomic E-state index is 13.3. The number of nitrogens with zero attached hydrogens (tertiary/aromatic N) is 5. The summed E-state index contributed by atoms with van der Waals surface area (Å²) in [6.45, 7) is 2.90. The molecule has 3 aromatic heterocycles. The summed E-state index contributed by atoms with van der Waals surface area (Å²) in [6.07, 6.45) is 1.62. The number of benzene rings is 2. The molecule has 0 atom stereocenters. The van der Waals surface area contributed by atoms with Crippen LogP contribution in [0, 0.1) is 11.9 Å². The van der Waals surface area contributed by atoms with Crippen LogP contribution in [0.15, 0.2) is 71.8 Å². The summed E-state index contributed by atoms with van der Waals surface area (Å²) in [4.78, 5) is 24.7. The minimum atomic E-state index is -0.978. The fraction of sp³-hybridized carbons (Fsp3) is 0.120. The van der Waals surface area contributed by atoms with Crippen LogP contribution in [0.1, 0.15) is 12.5 Å². The number of nitrogens with one attached hydrogen (secondary N) is 1. The Bertz CT molecular complexity index is 1580. The average molecular weight is 509 g/mol. The summed E-state index contributed by atoms with van der Waals surface area (Å²) in [5, 5.41) is 3.79. The normalized spacial score (nSPS) is 11.1. The molecule has 0 aliphatic heterocycles. The predicted molar refractivity (Wildman–Crippen MR) is 132 cm³/mol. The molecular formula is C25H19ClF2N6O2. The third kappa shape index (κ3) is 4.89. The summed E-state index contributed by atoms with van der Waals surface area (Å²) in [5.74, 6) is -1.32. The fourth-order valence-electron chi connectivity index (χ4n) is 3.73. The maximum atomic E-state index is 13.3. The van der Waals surface area contributed by atoms with Crippen molar-refractivity contribution in [3.8, 4) is 11.5 Å². The van der Waals surface area contributed by atoms with Gasteiger partial charge in [0.15, 0.2) is 11.2 Å². The van der Waals surface area contributed by atoms with Gasteiger partial charge >= 0.3 is 5.56 Å². The number of halogens is 3. The second-order valence-electron chi connectivity index (χ2n) is 7.86. The number of anilines is 2. The molecule has 0 spiro atoms. The minimum absolute atomic E-state index is 0.0175. The number of rotatable bonds is 7. The van der Waals surface area contributed by atoms with Crippen LogP contribution in [0.2, 0.25) is 5.02 Å². The molecule has 0 radical (unpaired) electrons. The van der Waals surface area contributed by atoms with E-state index in [0.717, 1.165) is 17.7 Å². The summed E-state index contributed by atoms with van der Waals surface area (Å²) in [7, 11) is 0. The molecule has 182 valence electrons. The van der Waals surface area contributed by atoms with Gasteiger partial charge in [0.05, 0.1) is 12.9 Å². The van der Waals surface area contributed by atoms with Crippen LogP contribution in [0.4, 0.5) is 20.4 Å². The fourth-order valence-corrected chi connectivity index (χ4v) is 3.85. The van der Waals surface area contributed by atoms with Gasteiger partial charge in [0.2, 0.25) is 17.8 Å². The lowest BCUT2D eigenvalue weighted by Gasteiger charge is -2.16. The first-order chi connectivity index (χ1) is 17.4. The van der Waals surface area contributed by atoms with Gasteiger partial charge in [-0.3, -0.25) is 9.36 Å². The summed E-state index contributed by atoms with van der Waals surface area (Å²) in [5.41, 5.74) is 2.07. The lowest BCUT2D eigenvalue weighted by molar-refractivity contribution is 0.451. The van der Waals surface area contributed by atoms with Gasteiger partial charge in [-0.1, -0.05) is 23.7 Å². The first-order valence-electron chi connectivity index (χ1n) is 11.0. The largest absolute Gasteiger partial charge is 0.457 e. The summed E-state index contributed by atoms with van der Waals surface area (Å²) in [6, 6.07) is 16.0. The zero-order valence-corrected chi connectivity index (χ0v) is 19.7. The average Bonchev–Trinajstić information content (AvgIpc) is 3.28. The molecule has 8 nitrogen and oxygen atoms in total. The number of aryl methyl sites for hydroxylation is 1. The molecule has 0 saturated carbocycles. The smallest absolute Gasteiger partial charge is 0.300 e. The molecule has 0 unspecified atom stereocenters. The van der Waals surface area contributed by atoms with Gasteiger partial charge in [0.1, 0.15) is 11.5 Å². The van der Waals surface area contributed by atoms with Gasteiger partial charge in [-0.15, -0.1) is 0 Å². The van der Waals surface area contributed by atoms with Crippen LogP contribution >= 0.6 is 11.6 Å². The summed E-state index contributed by atoms with van der Waals surface area (Å²) < 4.78 is 35.7. The van der Waals surface area contributed by atoms with Gasteiger partial charge < -0.3 is 14.6 Å². The Kier molecular flexibility index (Phi) is 6.34. The Morgan fingerprint density at radius 2 is 1.67 bits per heavy atom. The zero-order valence-electron chi connectivity index (χ0n) is 19.0. The lowest BCUT2D eigenvalue weighted by atomic mass is 10.2. The Hall–Kier alpha value is -4.31. The molecule has 3 heterocycles. The Balaban J connectivity index is 1.47. The number of ether oxygens (including phenoxy) is 1. The van der Waals surface area contributed by atoms with E-state index in [0.29, 0.717) is 46.7 Å². The van der Waals surface area contributed by atoms with Crippen molar-refractivity contribution in [2.45, 2.75) is 20.0 Å². The Morgan fingerprint density at radius 3 is 2.33 bits per heavy atom. The van der Waals surface area contributed by atoms with Gasteiger partial charge in [-0.2, -0.15) is 18.7 Å². The van der Waals surface area contributed by atoms with Crippen LogP contribution in [0.3, 0.4) is 0 Å². The van der Waals surface area contributed by atoms with Crippen molar-refractivity contribution in [1.82, 2.24) is 24.1 Å². The van der Waals surface area contributed by atoms with Crippen molar-refractivity contribution in [2.24, 2.45) is 0 Å². The molecule has 2 aromatic carbocycles. The minimum Gasteiger partial charge on any atom is -0.457 e. The van der Waals surface area contributed by atoms with E-state index in [4.69, 9.17) is 16.3 Å². The summed E-state index contributed by atoms with van der Waals surface area (Å²) >= 11 is 6.03. The molecule has 1 N–H and O–H groups in total. The van der Waals surface area contributed by atoms with Crippen molar-refractivity contribution >= 4 is 34.4 Å². The van der Waals surface area contributed by atoms with E-state index in [2.05, 4.69) is 20.3 Å². The highest BCUT2D eigenvalue weighted by Gasteiger charge is 2.16. The molecule has 0 aliphatic rings. The highest BCUT2D eigenvalue weighted by molar-refractivity contribution is 6.30. The van der Waals surface area contributed by atoms with Crippen LogP contribution in [0.5, 0.6) is 11.5 Å². The number of hydrogen-bond acceptors (Lipinski definition) is 6. The van der Waals surface area contributed by atoms with Crippen LogP contribution in [-0.2, 0) is 13.1 Å². The van der Waals surface area contributed by atoms with Crippen molar-refractivity contribution in [1.29, 1.82) is 0 Å². The van der Waals surface area contributed by atoms with E-state index in [1.54, 1.807) is 47.3 Å². The zero-order chi connectivity index (χ0) is 25.2. The van der Waals surface area contributed by atoms with Crippen molar-refractivity contribution in [3.05, 3.63) is 99.8 Å². The van der Waals surface area contributed by atoms with E-state index in [1.807, 2.05) is 23.6 Å². The van der Waals surface area contributed by atoms with E-state index < -0.39 is 17.5 Å². The van der Waals surface area contributed by atoms with E-state index in [-0.39, 0.29) is 5.75 Å². The number of imidazole rings is 1. The van der Waals surface area contributed by atoms with Crippen molar-refractivity contribution in [3.63, 3.8) is 0 Å². The van der Waals surface area contributed by atoms with Crippen molar-refractivity contribution in [2.75, 3.05) is 5.32 Å². The SMILES string of the molecule is CCn1cnc2c1c(=O)nc(Nc1ccc(Oc3cc(F)nc(F)c3)cc1)n2Cc1ccc(Cl)cc1. The molecular weight excluding hydrogens is 490 g/mol. The first kappa shape index (κ1) is 23.4. The van der Waals surface area contributed by atoms with Gasteiger partial charge in [-0.05, 0) is 48.9 Å². The third-order valence-corrected chi connectivity index (χ3v) is 5.67. The van der Waals surface area contributed by atoms with E-state index in [9.17, 15) is 13.6 Å². The highest BCUT2D eigenvalue weighted by atomic mass is 35.5. The van der Waals surface area contributed by atoms with Crippen LogP contribution in [-0.4, -0.2) is 24.1 Å². The van der Waals surface area contributed by atoms with E-state index >= 15 is 0 Å². The molecule has 0 saturated heterocycles. The van der Waals surface area contributed by atoms with Gasteiger partial charge in [0.25, 0.3) is 0 Å². The lowest BCUT2D eigenvalue weighted by Crippen LogP contribution is -2.20. The van der Waals surface area contributed by atoms with Crippen LogP contribution in [0.25, 0.3) is 11.2 Å². The Morgan fingerprint density at radius 1 is 0.972 bits per heavy atom. The molecule has 36 heavy (non-hydrogen) atoms. The number of hydrogen-bond donors (Lipinski definition) is 1. The molecule has 5 rings (SSSR count). The van der Waals surface area contributed by atoms with Gasteiger partial charge in [0, 0.05) is 29.4 Å². The standard InChI is InChI=1S/C25H19ClF2N6O2/c1-2-33-14-29-23-22(33)24(35)32-25(34(23)13-15-3-5-16(26)6-4-15)30-17-7-9-18(10-8-17)36-19-11-20(27)31-21(28)12-19/h3-12,14H,2,13H2,1H3,(H,30,32,35). The number of pyridine rings is 1. The molecule has 0 aliphatic carbocycles. The highest BCUT2D eigenvalue weighted by Crippen LogP contribution is 2.26. The molecule has 0 fully saturated rings. The Labute approximate surface area is 208 Å². The first-order valence-corrected chi connectivity index (χ1v) is 11.4. The molecule has 0 amide bonds. The number of aromatic nitrogens is 5. The second kappa shape index (κ2) is 9.74. The predicted octanol–water partition coefficient (Wildman–Crippen LogP) is 5.52. The molecule has 11 heteroatoms. The monoisotopic (exact) mass is 508 g/mol. The number of fused-ring (bicyclic) bond motifs is 1. The quantitative estimate of drug-likeness (QED) is 0.291. The topological polar surface area (TPSA) is 86.9 Å². The second-order valence-corrected chi connectivity index (χ2v) is 8.29. The molecule has 0 bridgehead atoms. The van der Waals surface area contributed by atoms with Crippen molar-refractivity contribution < 1.29 is 13.5 Å². The third-order valence-electron chi connectivity index (χ3n) is 5.42.